The summed E-state index contributed by atoms with van der Waals surface area (Å²) in [5.74, 6) is 2.28. The summed E-state index contributed by atoms with van der Waals surface area (Å²) >= 11 is 0. The van der Waals surface area contributed by atoms with Crippen molar-refractivity contribution in [3.05, 3.63) is 0 Å². The molecule has 1 heterocycles. The molecule has 4 unspecified atom stereocenters. The predicted octanol–water partition coefficient (Wildman–Crippen LogP) is 2.13. The number of hydrogen-bond acceptors (Lipinski definition) is 2. The molecule has 2 aliphatic rings. The SMILES string of the molecule is CC1CCN(CC2CCCC2O)CC1C. The zero-order valence-electron chi connectivity index (χ0n) is 10.2. The summed E-state index contributed by atoms with van der Waals surface area (Å²) in [7, 11) is 0. The van der Waals surface area contributed by atoms with Crippen LogP contribution in [-0.4, -0.2) is 35.7 Å². The maximum atomic E-state index is 9.81. The average molecular weight is 211 g/mol. The van der Waals surface area contributed by atoms with Gasteiger partial charge < -0.3 is 10.0 Å². The second-order valence-electron chi connectivity index (χ2n) is 5.76. The third kappa shape index (κ3) is 2.73. The monoisotopic (exact) mass is 211 g/mol. The first-order valence-electron chi connectivity index (χ1n) is 6.57. The van der Waals surface area contributed by atoms with Crippen LogP contribution in [0.5, 0.6) is 0 Å². The maximum absolute atomic E-state index is 9.81. The van der Waals surface area contributed by atoms with Crippen molar-refractivity contribution in [3.8, 4) is 0 Å². The van der Waals surface area contributed by atoms with Gasteiger partial charge in [-0.1, -0.05) is 20.3 Å². The van der Waals surface area contributed by atoms with Crippen LogP contribution in [0.1, 0.15) is 39.5 Å². The van der Waals surface area contributed by atoms with Crippen molar-refractivity contribution in [1.82, 2.24) is 4.90 Å². The molecule has 15 heavy (non-hydrogen) atoms. The Labute approximate surface area is 93.7 Å². The van der Waals surface area contributed by atoms with Crippen molar-refractivity contribution in [2.45, 2.75) is 45.6 Å². The molecule has 4 atom stereocenters. The normalized spacial score (nSPS) is 43.4. The van der Waals surface area contributed by atoms with Gasteiger partial charge in [0, 0.05) is 13.1 Å². The topological polar surface area (TPSA) is 23.5 Å². The van der Waals surface area contributed by atoms with Crippen LogP contribution in [0.4, 0.5) is 0 Å². The summed E-state index contributed by atoms with van der Waals surface area (Å²) in [6.45, 7) is 8.35. The Morgan fingerprint density at radius 2 is 1.93 bits per heavy atom. The van der Waals surface area contributed by atoms with Crippen molar-refractivity contribution < 1.29 is 5.11 Å². The molecular weight excluding hydrogens is 186 g/mol. The van der Waals surface area contributed by atoms with Crippen molar-refractivity contribution >= 4 is 0 Å². The van der Waals surface area contributed by atoms with Crippen LogP contribution in [0.15, 0.2) is 0 Å². The second kappa shape index (κ2) is 4.84. The van der Waals surface area contributed by atoms with Gasteiger partial charge >= 0.3 is 0 Å². The van der Waals surface area contributed by atoms with E-state index in [1.54, 1.807) is 0 Å². The van der Waals surface area contributed by atoms with Gasteiger partial charge in [-0.15, -0.1) is 0 Å². The van der Waals surface area contributed by atoms with E-state index in [9.17, 15) is 5.11 Å². The first-order valence-corrected chi connectivity index (χ1v) is 6.57. The largest absolute Gasteiger partial charge is 0.393 e. The van der Waals surface area contributed by atoms with E-state index in [-0.39, 0.29) is 6.10 Å². The lowest BCUT2D eigenvalue weighted by molar-refractivity contribution is 0.0723. The summed E-state index contributed by atoms with van der Waals surface area (Å²) in [6.07, 6.45) is 4.82. The van der Waals surface area contributed by atoms with Gasteiger partial charge in [-0.05, 0) is 43.6 Å². The Balaban J connectivity index is 1.80. The molecule has 1 N–H and O–H groups in total. The number of piperidine rings is 1. The molecule has 0 aromatic rings. The standard InChI is InChI=1S/C13H25NO/c1-10-6-7-14(8-11(10)2)9-12-4-3-5-13(12)15/h10-13,15H,3-9H2,1-2H3. The minimum atomic E-state index is -0.0142. The van der Waals surface area contributed by atoms with Crippen molar-refractivity contribution in [1.29, 1.82) is 0 Å². The molecule has 2 rings (SSSR count). The molecule has 2 nitrogen and oxygen atoms in total. The van der Waals surface area contributed by atoms with E-state index < -0.39 is 0 Å². The number of likely N-dealkylation sites (tertiary alicyclic amines) is 1. The number of hydrogen-bond donors (Lipinski definition) is 1. The van der Waals surface area contributed by atoms with E-state index in [1.165, 1.54) is 32.4 Å². The second-order valence-corrected chi connectivity index (χ2v) is 5.76. The van der Waals surface area contributed by atoms with E-state index in [4.69, 9.17) is 0 Å². The summed E-state index contributed by atoms with van der Waals surface area (Å²) in [5, 5.41) is 9.81. The zero-order chi connectivity index (χ0) is 10.8. The first-order chi connectivity index (χ1) is 7.16. The van der Waals surface area contributed by atoms with Gasteiger partial charge in [0.05, 0.1) is 6.10 Å². The van der Waals surface area contributed by atoms with E-state index in [0.717, 1.165) is 24.8 Å². The van der Waals surface area contributed by atoms with Gasteiger partial charge in [0.25, 0.3) is 0 Å². The fourth-order valence-electron chi connectivity index (χ4n) is 3.08. The van der Waals surface area contributed by atoms with Crippen LogP contribution in [0.3, 0.4) is 0 Å². The van der Waals surface area contributed by atoms with Gasteiger partial charge in [0.15, 0.2) is 0 Å². The average Bonchev–Trinajstić information content (AvgIpc) is 2.59. The maximum Gasteiger partial charge on any atom is 0.0580 e. The van der Waals surface area contributed by atoms with Gasteiger partial charge in [-0.3, -0.25) is 0 Å². The van der Waals surface area contributed by atoms with E-state index in [1.807, 2.05) is 0 Å². The molecule has 1 aliphatic heterocycles. The molecule has 0 amide bonds. The highest BCUT2D eigenvalue weighted by Gasteiger charge is 2.29. The molecule has 2 fully saturated rings. The highest BCUT2D eigenvalue weighted by molar-refractivity contribution is 4.82. The molecule has 0 radical (unpaired) electrons. The quantitative estimate of drug-likeness (QED) is 0.756. The molecule has 0 spiro atoms. The van der Waals surface area contributed by atoms with Crippen LogP contribution in [0, 0.1) is 17.8 Å². The van der Waals surface area contributed by atoms with Gasteiger partial charge in [0.1, 0.15) is 0 Å². The lowest BCUT2D eigenvalue weighted by Gasteiger charge is -2.37. The lowest BCUT2D eigenvalue weighted by atomic mass is 9.88. The van der Waals surface area contributed by atoms with Crippen molar-refractivity contribution in [2.75, 3.05) is 19.6 Å². The summed E-state index contributed by atoms with van der Waals surface area (Å²) in [4.78, 5) is 2.57. The minimum Gasteiger partial charge on any atom is -0.393 e. The molecule has 88 valence electrons. The van der Waals surface area contributed by atoms with Crippen molar-refractivity contribution in [3.63, 3.8) is 0 Å². The third-order valence-electron chi connectivity index (χ3n) is 4.53. The fraction of sp³-hybridized carbons (Fsp3) is 1.00. The van der Waals surface area contributed by atoms with Crippen LogP contribution in [0.2, 0.25) is 0 Å². The van der Waals surface area contributed by atoms with Gasteiger partial charge in [-0.2, -0.15) is 0 Å². The first kappa shape index (κ1) is 11.4. The Morgan fingerprint density at radius 3 is 2.53 bits per heavy atom. The van der Waals surface area contributed by atoms with Crippen molar-refractivity contribution in [2.24, 2.45) is 17.8 Å². The zero-order valence-corrected chi connectivity index (χ0v) is 10.2. The lowest BCUT2D eigenvalue weighted by Crippen LogP contribution is -2.42. The van der Waals surface area contributed by atoms with Crippen LogP contribution >= 0.6 is 0 Å². The number of rotatable bonds is 2. The molecule has 1 aliphatic carbocycles. The minimum absolute atomic E-state index is 0.0142. The summed E-state index contributed by atoms with van der Waals surface area (Å²) in [5.41, 5.74) is 0. The van der Waals surface area contributed by atoms with E-state index >= 15 is 0 Å². The molecule has 0 aromatic heterocycles. The molecule has 1 saturated carbocycles. The Hall–Kier alpha value is -0.0800. The fourth-order valence-corrected chi connectivity index (χ4v) is 3.08. The smallest absolute Gasteiger partial charge is 0.0580 e. The highest BCUT2D eigenvalue weighted by atomic mass is 16.3. The predicted molar refractivity (Wildman–Crippen MR) is 62.7 cm³/mol. The molecule has 0 aromatic carbocycles. The van der Waals surface area contributed by atoms with Crippen LogP contribution < -0.4 is 0 Å². The third-order valence-corrected chi connectivity index (χ3v) is 4.53. The molecule has 2 heteroatoms. The van der Waals surface area contributed by atoms with Gasteiger partial charge in [-0.25, -0.2) is 0 Å². The van der Waals surface area contributed by atoms with Crippen LogP contribution in [-0.2, 0) is 0 Å². The number of aliphatic hydroxyl groups excluding tert-OH is 1. The summed E-state index contributed by atoms with van der Waals surface area (Å²) < 4.78 is 0. The molecule has 0 bridgehead atoms. The van der Waals surface area contributed by atoms with Crippen LogP contribution in [0.25, 0.3) is 0 Å². The highest BCUT2D eigenvalue weighted by Crippen LogP contribution is 2.29. The molecule has 1 saturated heterocycles. The molecular formula is C13H25NO. The van der Waals surface area contributed by atoms with Gasteiger partial charge in [0.2, 0.25) is 0 Å². The number of nitrogens with zero attached hydrogens (tertiary/aromatic N) is 1. The Morgan fingerprint density at radius 1 is 1.13 bits per heavy atom. The van der Waals surface area contributed by atoms with E-state index in [2.05, 4.69) is 18.7 Å². The Bertz CT molecular complexity index is 207. The summed E-state index contributed by atoms with van der Waals surface area (Å²) in [6, 6.07) is 0. The Kier molecular flexibility index (Phi) is 3.68. The number of aliphatic hydroxyl groups is 1. The van der Waals surface area contributed by atoms with E-state index in [0.29, 0.717) is 5.92 Å².